The fourth-order valence-electron chi connectivity index (χ4n) is 1.77. The van der Waals surface area contributed by atoms with Crippen LogP contribution in [0.25, 0.3) is 10.4 Å². The summed E-state index contributed by atoms with van der Waals surface area (Å²) in [5.41, 5.74) is 8.11. The van der Waals surface area contributed by atoms with Gasteiger partial charge >= 0.3 is 11.8 Å². The van der Waals surface area contributed by atoms with Crippen LogP contribution in [0.1, 0.15) is 20.3 Å². The maximum atomic E-state index is 11.7. The predicted molar refractivity (Wildman–Crippen MR) is 62.1 cm³/mol. The van der Waals surface area contributed by atoms with Crippen molar-refractivity contribution in [2.75, 3.05) is 26.2 Å². The van der Waals surface area contributed by atoms with Gasteiger partial charge in [-0.15, -0.1) is 0 Å². The Balaban J connectivity index is 2.48. The van der Waals surface area contributed by atoms with E-state index in [0.29, 0.717) is 32.6 Å². The molecule has 0 atom stereocenters. The van der Waals surface area contributed by atoms with Crippen molar-refractivity contribution < 1.29 is 9.59 Å². The molecule has 94 valence electrons. The van der Waals surface area contributed by atoms with Crippen molar-refractivity contribution in [1.82, 2.24) is 9.80 Å². The number of hydrogen-bond acceptors (Lipinski definition) is 3. The zero-order valence-electron chi connectivity index (χ0n) is 10.2. The van der Waals surface area contributed by atoms with Gasteiger partial charge in [0.05, 0.1) is 0 Å². The van der Waals surface area contributed by atoms with Crippen LogP contribution in [-0.4, -0.2) is 53.8 Å². The zero-order valence-corrected chi connectivity index (χ0v) is 10.2. The average molecular weight is 239 g/mol. The maximum Gasteiger partial charge on any atom is 0.312 e. The van der Waals surface area contributed by atoms with E-state index in [9.17, 15) is 9.59 Å². The molecule has 0 radical (unpaired) electrons. The van der Waals surface area contributed by atoms with E-state index in [1.165, 1.54) is 4.90 Å². The summed E-state index contributed by atoms with van der Waals surface area (Å²) >= 11 is 0. The number of nitrogens with zero attached hydrogens (tertiary/aromatic N) is 5. The summed E-state index contributed by atoms with van der Waals surface area (Å²) in [4.78, 5) is 29.2. The van der Waals surface area contributed by atoms with Crippen molar-refractivity contribution in [3.8, 4) is 0 Å². The first kappa shape index (κ1) is 13.3. The predicted octanol–water partition coefficient (Wildman–Crippen LogP) is 0.766. The van der Waals surface area contributed by atoms with Gasteiger partial charge < -0.3 is 9.80 Å². The van der Waals surface area contributed by atoms with Gasteiger partial charge in [-0.05, 0) is 25.8 Å². The minimum absolute atomic E-state index is 0.0526. The summed E-state index contributed by atoms with van der Waals surface area (Å²) in [6.07, 6.45) is 0.588. The van der Waals surface area contributed by atoms with Crippen LogP contribution in [0.15, 0.2) is 5.11 Å². The second-order valence-corrected chi connectivity index (χ2v) is 4.19. The molecule has 0 aromatic carbocycles. The molecule has 0 unspecified atom stereocenters. The highest BCUT2D eigenvalue weighted by molar-refractivity contribution is 6.35. The minimum atomic E-state index is -0.453. The van der Waals surface area contributed by atoms with E-state index in [4.69, 9.17) is 5.53 Å². The lowest BCUT2D eigenvalue weighted by atomic mass is 10.2. The average Bonchev–Trinajstić information content (AvgIpc) is 2.29. The van der Waals surface area contributed by atoms with E-state index in [1.807, 2.05) is 13.8 Å². The Morgan fingerprint density at radius 1 is 1.35 bits per heavy atom. The zero-order chi connectivity index (χ0) is 12.8. The monoisotopic (exact) mass is 239 g/mol. The van der Waals surface area contributed by atoms with Crippen molar-refractivity contribution in [2.24, 2.45) is 5.11 Å². The van der Waals surface area contributed by atoms with Crippen LogP contribution in [0, 0.1) is 0 Å². The minimum Gasteiger partial charge on any atom is -0.333 e. The smallest absolute Gasteiger partial charge is 0.312 e. The molecule has 0 aliphatic carbocycles. The largest absolute Gasteiger partial charge is 0.333 e. The molecule has 0 N–H and O–H groups in total. The van der Waals surface area contributed by atoms with Gasteiger partial charge in [-0.2, -0.15) is 0 Å². The van der Waals surface area contributed by atoms with Gasteiger partial charge in [0, 0.05) is 37.1 Å². The topological polar surface area (TPSA) is 89.4 Å². The van der Waals surface area contributed by atoms with E-state index >= 15 is 0 Å². The van der Waals surface area contributed by atoms with Gasteiger partial charge in [0.1, 0.15) is 0 Å². The first-order chi connectivity index (χ1) is 8.07. The number of carbonyl (C=O) groups excluding carboxylic acids is 2. The lowest BCUT2D eigenvalue weighted by Gasteiger charge is -2.35. The number of hydrogen-bond donors (Lipinski definition) is 0. The molecule has 1 aliphatic heterocycles. The number of rotatable bonds is 5. The normalized spacial score (nSPS) is 16.4. The molecule has 17 heavy (non-hydrogen) atoms. The Hall–Kier alpha value is -1.75. The number of azide groups is 1. The van der Waals surface area contributed by atoms with Gasteiger partial charge in [0.15, 0.2) is 0 Å². The highest BCUT2D eigenvalue weighted by Crippen LogP contribution is 2.09. The first-order valence-electron chi connectivity index (χ1n) is 5.68. The third-order valence-electron chi connectivity index (χ3n) is 2.71. The van der Waals surface area contributed by atoms with E-state index in [2.05, 4.69) is 10.0 Å². The molecule has 2 amide bonds. The van der Waals surface area contributed by atoms with E-state index < -0.39 is 11.8 Å². The molecule has 1 rings (SSSR count). The van der Waals surface area contributed by atoms with Crippen molar-refractivity contribution >= 4 is 11.8 Å². The van der Waals surface area contributed by atoms with Crippen LogP contribution in [0.3, 0.4) is 0 Å². The third-order valence-corrected chi connectivity index (χ3v) is 2.71. The van der Waals surface area contributed by atoms with Crippen LogP contribution in [-0.2, 0) is 9.59 Å². The van der Waals surface area contributed by atoms with Crippen molar-refractivity contribution in [2.45, 2.75) is 26.3 Å². The van der Waals surface area contributed by atoms with Gasteiger partial charge in [-0.3, -0.25) is 9.59 Å². The number of carbonyl (C=O) groups is 2. The molecule has 7 nitrogen and oxygen atoms in total. The number of amides is 2. The van der Waals surface area contributed by atoms with Crippen LogP contribution in [0.4, 0.5) is 0 Å². The molecule has 0 bridgehead atoms. The Morgan fingerprint density at radius 3 is 2.65 bits per heavy atom. The second kappa shape index (κ2) is 6.10. The summed E-state index contributed by atoms with van der Waals surface area (Å²) in [5.74, 6) is -0.888. The van der Waals surface area contributed by atoms with Crippen LogP contribution < -0.4 is 0 Å². The Bertz CT molecular complexity index is 349. The fourth-order valence-corrected chi connectivity index (χ4v) is 1.77. The molecule has 1 saturated heterocycles. The van der Waals surface area contributed by atoms with Gasteiger partial charge in [0.2, 0.25) is 0 Å². The fraction of sp³-hybridized carbons (Fsp3) is 0.800. The standard InChI is InChI=1S/C10H17N5O2/c1-8(2)15-7-6-14(9(16)10(15)17)5-3-4-12-13-11/h8H,3-7H2,1-2H3. The Labute approximate surface area is 100.0 Å². The lowest BCUT2D eigenvalue weighted by Crippen LogP contribution is -2.56. The van der Waals surface area contributed by atoms with Gasteiger partial charge in [0.25, 0.3) is 0 Å². The third kappa shape index (κ3) is 3.35. The molecule has 0 aromatic heterocycles. The molecule has 1 aliphatic rings. The quantitative estimate of drug-likeness (QED) is 0.233. The molecule has 0 spiro atoms. The summed E-state index contributed by atoms with van der Waals surface area (Å²) in [6.45, 7) is 5.73. The maximum absolute atomic E-state index is 11.7. The SMILES string of the molecule is CC(C)N1CCN(CCCN=[N+]=[N-])C(=O)C1=O. The highest BCUT2D eigenvalue weighted by Gasteiger charge is 2.33. The van der Waals surface area contributed by atoms with Crippen molar-refractivity contribution in [1.29, 1.82) is 0 Å². The molecular formula is C10H17N5O2. The molecule has 0 aromatic rings. The van der Waals surface area contributed by atoms with Crippen LogP contribution in [0.2, 0.25) is 0 Å². The summed E-state index contributed by atoms with van der Waals surface area (Å²) in [7, 11) is 0. The van der Waals surface area contributed by atoms with E-state index in [1.54, 1.807) is 4.90 Å². The number of piperazine rings is 1. The van der Waals surface area contributed by atoms with E-state index in [-0.39, 0.29) is 6.04 Å². The van der Waals surface area contributed by atoms with Gasteiger partial charge in [-0.1, -0.05) is 5.11 Å². The Kier molecular flexibility index (Phi) is 4.78. The van der Waals surface area contributed by atoms with Crippen LogP contribution in [0.5, 0.6) is 0 Å². The summed E-state index contributed by atoms with van der Waals surface area (Å²) < 4.78 is 0. The van der Waals surface area contributed by atoms with Crippen molar-refractivity contribution in [3.05, 3.63) is 10.4 Å². The van der Waals surface area contributed by atoms with E-state index in [0.717, 1.165) is 0 Å². The second-order valence-electron chi connectivity index (χ2n) is 4.19. The van der Waals surface area contributed by atoms with Crippen molar-refractivity contribution in [3.63, 3.8) is 0 Å². The molecule has 1 fully saturated rings. The summed E-state index contributed by atoms with van der Waals surface area (Å²) in [6, 6.07) is 0.0526. The van der Waals surface area contributed by atoms with Crippen LogP contribution >= 0.6 is 0 Å². The molecule has 0 saturated carbocycles. The molecule has 1 heterocycles. The highest BCUT2D eigenvalue weighted by atomic mass is 16.2. The first-order valence-corrected chi connectivity index (χ1v) is 5.68. The Morgan fingerprint density at radius 2 is 2.06 bits per heavy atom. The summed E-state index contributed by atoms with van der Waals surface area (Å²) in [5, 5.41) is 3.39. The lowest BCUT2D eigenvalue weighted by molar-refractivity contribution is -0.157. The molecular weight excluding hydrogens is 222 g/mol. The molecule has 7 heteroatoms. The van der Waals surface area contributed by atoms with Gasteiger partial charge in [-0.25, -0.2) is 0 Å².